The lowest BCUT2D eigenvalue weighted by Gasteiger charge is -2.12. The van der Waals surface area contributed by atoms with Crippen LogP contribution >= 0.6 is 11.6 Å². The lowest BCUT2D eigenvalue weighted by molar-refractivity contribution is 0.244. The summed E-state index contributed by atoms with van der Waals surface area (Å²) in [4.78, 5) is 0. The highest BCUT2D eigenvalue weighted by Gasteiger charge is 2.07. The van der Waals surface area contributed by atoms with Gasteiger partial charge in [-0.05, 0) is 18.1 Å². The summed E-state index contributed by atoms with van der Waals surface area (Å²) in [7, 11) is 0. The van der Waals surface area contributed by atoms with E-state index >= 15 is 0 Å². The normalized spacial score (nSPS) is 12.6. The zero-order valence-electron chi connectivity index (χ0n) is 7.93. The molecule has 2 nitrogen and oxygen atoms in total. The minimum Gasteiger partial charge on any atom is -0.396 e. The molecule has 1 aromatic carbocycles. The van der Waals surface area contributed by atoms with Gasteiger partial charge >= 0.3 is 0 Å². The number of hydrogen-bond donors (Lipinski definition) is 2. The van der Waals surface area contributed by atoms with Gasteiger partial charge in [0.05, 0.1) is 10.7 Å². The summed E-state index contributed by atoms with van der Waals surface area (Å²) in [6, 6.07) is 4.52. The topological polar surface area (TPSA) is 32.3 Å². The van der Waals surface area contributed by atoms with Crippen molar-refractivity contribution in [2.24, 2.45) is 5.92 Å². The van der Waals surface area contributed by atoms with Crippen molar-refractivity contribution >= 4 is 17.3 Å². The van der Waals surface area contributed by atoms with Gasteiger partial charge in [0.1, 0.15) is 5.82 Å². The van der Waals surface area contributed by atoms with E-state index in [1.54, 1.807) is 12.1 Å². The number of nitrogens with one attached hydrogen (secondary N) is 1. The summed E-state index contributed by atoms with van der Waals surface area (Å²) < 4.78 is 13.2. The van der Waals surface area contributed by atoms with Crippen molar-refractivity contribution in [1.29, 1.82) is 0 Å². The van der Waals surface area contributed by atoms with Crippen LogP contribution in [0.3, 0.4) is 0 Å². The van der Waals surface area contributed by atoms with Crippen molar-refractivity contribution in [3.8, 4) is 0 Å². The number of rotatable bonds is 4. The van der Waals surface area contributed by atoms with Crippen molar-refractivity contribution in [1.82, 2.24) is 0 Å². The molecule has 0 aliphatic carbocycles. The van der Waals surface area contributed by atoms with Gasteiger partial charge in [-0.2, -0.15) is 0 Å². The van der Waals surface area contributed by atoms with Gasteiger partial charge in [-0.1, -0.05) is 24.6 Å². The first-order valence-electron chi connectivity index (χ1n) is 4.44. The second-order valence-electron chi connectivity index (χ2n) is 3.27. The molecule has 1 aromatic rings. The minimum absolute atomic E-state index is 0.0685. The van der Waals surface area contributed by atoms with Crippen molar-refractivity contribution in [3.63, 3.8) is 0 Å². The first-order valence-corrected chi connectivity index (χ1v) is 4.81. The molecule has 1 unspecified atom stereocenters. The fraction of sp³-hybridized carbons (Fsp3) is 0.400. The Morgan fingerprint density at radius 1 is 1.57 bits per heavy atom. The van der Waals surface area contributed by atoms with Crippen molar-refractivity contribution in [2.45, 2.75) is 6.92 Å². The molecule has 0 aliphatic rings. The van der Waals surface area contributed by atoms with Gasteiger partial charge in [0, 0.05) is 13.2 Å². The molecule has 0 heterocycles. The first-order chi connectivity index (χ1) is 6.65. The molecule has 14 heavy (non-hydrogen) atoms. The third-order valence-corrected chi connectivity index (χ3v) is 2.22. The fourth-order valence-electron chi connectivity index (χ4n) is 1.01. The van der Waals surface area contributed by atoms with Crippen molar-refractivity contribution in [3.05, 3.63) is 29.0 Å². The average molecular weight is 218 g/mol. The van der Waals surface area contributed by atoms with E-state index in [9.17, 15) is 4.39 Å². The predicted molar refractivity (Wildman–Crippen MR) is 56.1 cm³/mol. The Morgan fingerprint density at radius 3 is 2.86 bits per heavy atom. The van der Waals surface area contributed by atoms with E-state index in [0.29, 0.717) is 17.3 Å². The zero-order chi connectivity index (χ0) is 10.6. The van der Waals surface area contributed by atoms with Crippen molar-refractivity contribution in [2.75, 3.05) is 18.5 Å². The van der Waals surface area contributed by atoms with E-state index < -0.39 is 0 Å². The fourth-order valence-corrected chi connectivity index (χ4v) is 1.24. The van der Waals surface area contributed by atoms with Crippen LogP contribution in [-0.2, 0) is 0 Å². The first kappa shape index (κ1) is 11.3. The Morgan fingerprint density at radius 2 is 2.29 bits per heavy atom. The van der Waals surface area contributed by atoms with Crippen LogP contribution in [0.2, 0.25) is 5.02 Å². The maximum absolute atomic E-state index is 13.2. The van der Waals surface area contributed by atoms with Crippen LogP contribution in [0.25, 0.3) is 0 Å². The number of aliphatic hydroxyl groups is 1. The molecule has 1 rings (SSSR count). The second-order valence-corrected chi connectivity index (χ2v) is 3.67. The molecule has 0 saturated carbocycles. The van der Waals surface area contributed by atoms with Crippen LogP contribution in [-0.4, -0.2) is 18.3 Å². The quantitative estimate of drug-likeness (QED) is 0.813. The van der Waals surface area contributed by atoms with Crippen LogP contribution < -0.4 is 5.32 Å². The summed E-state index contributed by atoms with van der Waals surface area (Å²) in [5, 5.41) is 12.0. The monoisotopic (exact) mass is 217 g/mol. The molecule has 0 spiro atoms. The molecule has 0 radical (unpaired) electrons. The van der Waals surface area contributed by atoms with Gasteiger partial charge in [-0.15, -0.1) is 0 Å². The number of anilines is 1. The molecule has 0 amide bonds. The number of hydrogen-bond acceptors (Lipinski definition) is 2. The average Bonchev–Trinajstić information content (AvgIpc) is 2.16. The highest BCUT2D eigenvalue weighted by molar-refractivity contribution is 6.33. The summed E-state index contributed by atoms with van der Waals surface area (Å²) in [6.07, 6.45) is 0. The van der Waals surface area contributed by atoms with E-state index in [0.717, 1.165) is 0 Å². The molecular weight excluding hydrogens is 205 g/mol. The van der Waals surface area contributed by atoms with E-state index in [2.05, 4.69) is 5.32 Å². The Hall–Kier alpha value is -0.800. The van der Waals surface area contributed by atoms with E-state index in [1.807, 2.05) is 6.92 Å². The zero-order valence-corrected chi connectivity index (χ0v) is 8.68. The molecular formula is C10H13ClFNO. The van der Waals surface area contributed by atoms with Crippen LogP contribution in [0.5, 0.6) is 0 Å². The molecule has 0 fully saturated rings. The molecule has 1 atom stereocenters. The lowest BCUT2D eigenvalue weighted by Crippen LogP contribution is -2.15. The van der Waals surface area contributed by atoms with Crippen LogP contribution in [0, 0.1) is 11.7 Å². The molecule has 0 aliphatic heterocycles. The summed E-state index contributed by atoms with van der Waals surface area (Å²) in [6.45, 7) is 2.43. The maximum Gasteiger partial charge on any atom is 0.147 e. The Kier molecular flexibility index (Phi) is 4.17. The number of benzene rings is 1. The smallest absolute Gasteiger partial charge is 0.147 e. The van der Waals surface area contributed by atoms with E-state index in [-0.39, 0.29) is 18.3 Å². The summed E-state index contributed by atoms with van der Waals surface area (Å²) in [5.74, 6) is -0.298. The van der Waals surface area contributed by atoms with Crippen LogP contribution in [0.1, 0.15) is 6.92 Å². The molecule has 0 bridgehead atoms. The third-order valence-electron chi connectivity index (χ3n) is 1.90. The van der Waals surface area contributed by atoms with Crippen LogP contribution in [0.4, 0.5) is 10.1 Å². The highest BCUT2D eigenvalue weighted by Crippen LogP contribution is 2.24. The van der Waals surface area contributed by atoms with Gasteiger partial charge in [0.15, 0.2) is 0 Å². The molecule has 4 heteroatoms. The number of para-hydroxylation sites is 1. The van der Waals surface area contributed by atoms with Crippen LogP contribution in [0.15, 0.2) is 18.2 Å². The SMILES string of the molecule is CC(CO)CNc1c(F)cccc1Cl. The van der Waals surface area contributed by atoms with E-state index in [1.165, 1.54) is 6.07 Å². The predicted octanol–water partition coefficient (Wildman–Crippen LogP) is 2.52. The van der Waals surface area contributed by atoms with Gasteiger partial charge < -0.3 is 10.4 Å². The second kappa shape index (κ2) is 5.17. The summed E-state index contributed by atoms with van der Waals surface area (Å²) >= 11 is 5.79. The van der Waals surface area contributed by atoms with Gasteiger partial charge in [-0.3, -0.25) is 0 Å². The standard InChI is InChI=1S/C10H13ClFNO/c1-7(6-14)5-13-10-8(11)3-2-4-9(10)12/h2-4,7,13-14H,5-6H2,1H3. The lowest BCUT2D eigenvalue weighted by atomic mass is 10.2. The third kappa shape index (κ3) is 2.86. The van der Waals surface area contributed by atoms with Gasteiger partial charge in [0.25, 0.3) is 0 Å². The number of halogens is 2. The van der Waals surface area contributed by atoms with E-state index in [4.69, 9.17) is 16.7 Å². The Bertz CT molecular complexity index is 286. The summed E-state index contributed by atoms with van der Waals surface area (Å²) in [5.41, 5.74) is 0.300. The number of aliphatic hydroxyl groups excluding tert-OH is 1. The van der Waals surface area contributed by atoms with Gasteiger partial charge in [-0.25, -0.2) is 4.39 Å². The Labute approximate surface area is 87.7 Å². The maximum atomic E-state index is 13.2. The largest absolute Gasteiger partial charge is 0.396 e. The molecule has 0 saturated heterocycles. The Balaban J connectivity index is 2.66. The highest BCUT2D eigenvalue weighted by atomic mass is 35.5. The molecule has 78 valence electrons. The molecule has 0 aromatic heterocycles. The van der Waals surface area contributed by atoms with Crippen molar-refractivity contribution < 1.29 is 9.50 Å². The van der Waals surface area contributed by atoms with Gasteiger partial charge in [0.2, 0.25) is 0 Å². The minimum atomic E-state index is -0.373. The molecule has 2 N–H and O–H groups in total.